The van der Waals surface area contributed by atoms with Gasteiger partial charge in [0.05, 0.1) is 6.04 Å². The third-order valence-corrected chi connectivity index (χ3v) is 18.7. The van der Waals surface area contributed by atoms with Crippen molar-refractivity contribution in [1.29, 1.82) is 0 Å². The Labute approximate surface area is 482 Å². The molecule has 3 aliphatic rings. The highest BCUT2D eigenvalue weighted by Crippen LogP contribution is 2.58. The summed E-state index contributed by atoms with van der Waals surface area (Å²) in [4.78, 5) is 5.23. The Morgan fingerprint density at radius 3 is 1.82 bits per heavy atom. The van der Waals surface area contributed by atoms with Crippen LogP contribution in [0.25, 0.3) is 11.1 Å². The summed E-state index contributed by atoms with van der Waals surface area (Å²) in [5.41, 5.74) is 17.0. The van der Waals surface area contributed by atoms with Gasteiger partial charge >= 0.3 is 0 Å². The molecule has 3 aromatic carbocycles. The molecule has 0 spiro atoms. The van der Waals surface area contributed by atoms with Gasteiger partial charge in [-0.15, -0.1) is 0 Å². The van der Waals surface area contributed by atoms with Crippen molar-refractivity contribution in [3.8, 4) is 11.1 Å². The second-order valence-corrected chi connectivity index (χ2v) is 27.8. The van der Waals surface area contributed by atoms with Gasteiger partial charge in [0, 0.05) is 44.5 Å². The van der Waals surface area contributed by atoms with Crippen molar-refractivity contribution in [2.75, 3.05) is 22.9 Å². The predicted octanol–water partition coefficient (Wildman–Crippen LogP) is 23.2. The average molecular weight is 1150 g/mol. The van der Waals surface area contributed by atoms with E-state index in [1.807, 2.05) is 0 Å². The lowest BCUT2D eigenvalue weighted by Crippen LogP contribution is -2.33. The van der Waals surface area contributed by atoms with Gasteiger partial charge < -0.3 is 9.80 Å². The molecule has 3 aliphatic carbocycles. The minimum absolute atomic E-state index is 0.0281. The number of anilines is 3. The van der Waals surface area contributed by atoms with Crippen LogP contribution in [0.15, 0.2) is 159 Å². The van der Waals surface area contributed by atoms with Gasteiger partial charge in [-0.1, -0.05) is 251 Å². The van der Waals surface area contributed by atoms with E-state index < -0.39 is 0 Å². The summed E-state index contributed by atoms with van der Waals surface area (Å²) in [6.45, 7) is 39.0. The van der Waals surface area contributed by atoms with E-state index >= 15 is 0 Å². The number of rotatable bonds is 27. The van der Waals surface area contributed by atoms with E-state index in [-0.39, 0.29) is 33.1 Å². The van der Waals surface area contributed by atoms with Crippen molar-refractivity contribution in [1.82, 2.24) is 0 Å². The highest BCUT2D eigenvalue weighted by molar-refractivity contribution is 9.12. The van der Waals surface area contributed by atoms with Crippen LogP contribution in [0.1, 0.15) is 211 Å². The third-order valence-electron chi connectivity index (χ3n) is 17.7. The Bertz CT molecular complexity index is 2650. The van der Waals surface area contributed by atoms with Crippen LogP contribution in [0.3, 0.4) is 0 Å². The van der Waals surface area contributed by atoms with Gasteiger partial charge in [-0.2, -0.15) is 0 Å². The summed E-state index contributed by atoms with van der Waals surface area (Å²) in [5, 5.41) is 0. The first-order chi connectivity index (χ1) is 36.0. The first-order valence-electron chi connectivity index (χ1n) is 29.7. The van der Waals surface area contributed by atoms with Gasteiger partial charge in [0.25, 0.3) is 0 Å². The first kappa shape index (κ1) is 61.4. The minimum Gasteiger partial charge on any atom is -0.358 e. The first-order valence-corrected chi connectivity index (χ1v) is 31.3. The van der Waals surface area contributed by atoms with E-state index in [1.54, 1.807) is 0 Å². The van der Waals surface area contributed by atoms with Crippen molar-refractivity contribution in [2.24, 2.45) is 21.7 Å². The molecule has 1 saturated carbocycles. The maximum atomic E-state index is 4.26. The number of benzene rings is 3. The maximum Gasteiger partial charge on any atom is 0.0667 e. The van der Waals surface area contributed by atoms with E-state index in [9.17, 15) is 0 Å². The molecule has 2 nitrogen and oxygen atoms in total. The van der Waals surface area contributed by atoms with Gasteiger partial charge in [-0.05, 0) is 175 Å². The van der Waals surface area contributed by atoms with Crippen LogP contribution in [0.4, 0.5) is 17.1 Å². The summed E-state index contributed by atoms with van der Waals surface area (Å²) in [6.07, 6.45) is 41.0. The van der Waals surface area contributed by atoms with Gasteiger partial charge in [0.2, 0.25) is 0 Å². The number of hydrogen-bond acceptors (Lipinski definition) is 2. The number of allylic oxidation sites excluding steroid dienone is 11. The van der Waals surface area contributed by atoms with Crippen LogP contribution < -0.4 is 9.80 Å². The zero-order chi connectivity index (χ0) is 55.5. The highest BCUT2D eigenvalue weighted by atomic mass is 79.9. The maximum absolute atomic E-state index is 4.26. The highest BCUT2D eigenvalue weighted by Gasteiger charge is 2.46. The molecular weight excluding hydrogens is 1050 g/mol. The van der Waals surface area contributed by atoms with Crippen LogP contribution >= 0.6 is 31.9 Å². The van der Waals surface area contributed by atoms with Gasteiger partial charge in [0.15, 0.2) is 0 Å². The lowest BCUT2D eigenvalue weighted by atomic mass is 9.70. The van der Waals surface area contributed by atoms with Crippen LogP contribution in [0.2, 0.25) is 0 Å². The molecule has 0 radical (unpaired) electrons. The van der Waals surface area contributed by atoms with Crippen molar-refractivity contribution < 1.29 is 0 Å². The summed E-state index contributed by atoms with van der Waals surface area (Å²) in [7, 11) is 0. The number of halogens is 2. The SMILES string of the molecule is C=C/C(C)=C1\C(=C/CN(c2ccc(Br)cc2)c2ccc3c(c2)C(CCCCCCCC)(CCCCCCCC)c2cc(N(C/C=C/C(C)(C)CC(C)(C)C(C)=C(C)C)C4C=CC=C(Br)C=C4)ccc2-3)C(C)(C)CC1(C)C. The molecule has 0 aliphatic heterocycles. The molecule has 6 rings (SSSR count). The Kier molecular flexibility index (Phi) is 21.7. The summed E-state index contributed by atoms with van der Waals surface area (Å²) >= 11 is 7.60. The normalized spacial score (nSPS) is 18.7. The summed E-state index contributed by atoms with van der Waals surface area (Å²) in [6, 6.07) is 24.3. The molecule has 0 amide bonds. The number of hydrogen-bond donors (Lipinski definition) is 0. The Morgan fingerprint density at radius 2 is 1.24 bits per heavy atom. The van der Waals surface area contributed by atoms with Crippen LogP contribution in [-0.2, 0) is 5.41 Å². The molecular formula is C72H100Br2N2. The van der Waals surface area contributed by atoms with E-state index in [2.05, 4.69) is 261 Å². The molecule has 0 N–H and O–H groups in total. The number of nitrogens with zero attached hydrogens (tertiary/aromatic N) is 2. The summed E-state index contributed by atoms with van der Waals surface area (Å²) in [5.74, 6) is 0. The lowest BCUT2D eigenvalue weighted by Gasteiger charge is -2.36. The van der Waals surface area contributed by atoms with Crippen LogP contribution in [0.5, 0.6) is 0 Å². The standard InChI is InChI=1S/C72H100Br2N2/c1-16-19-21-23-25-27-45-72(46-28-26-24-22-20-17-2)65-49-60(75(58-32-29-31-56(73)33-36-58)47-30-44-68(8,9)51-69(10,11)55(7)53(4)5)39-41-62(65)63-42-40-61(50-66(63)72)76(59-37-34-57(74)35-38-59)48-43-64-67(54(6)18-3)71(14,15)52-70(64,12)13/h18,29-44,49-50,58H,3,16-17,19-28,45-48,51-52H2,1-2,4-15H3/b44-30+,64-43+,67-54+. The predicted molar refractivity (Wildman–Crippen MR) is 345 cm³/mol. The fraction of sp³-hybridized carbons (Fsp3) is 0.528. The van der Waals surface area contributed by atoms with Crippen LogP contribution in [0, 0.1) is 21.7 Å². The van der Waals surface area contributed by atoms with Gasteiger partial charge in [-0.25, -0.2) is 0 Å². The second-order valence-electron chi connectivity index (χ2n) is 26.0. The third kappa shape index (κ3) is 15.1. The molecule has 1 unspecified atom stereocenters. The zero-order valence-electron chi connectivity index (χ0n) is 50.1. The fourth-order valence-electron chi connectivity index (χ4n) is 13.9. The molecule has 412 valence electrons. The minimum atomic E-state index is -0.109. The largest absolute Gasteiger partial charge is 0.358 e. The smallest absolute Gasteiger partial charge is 0.0667 e. The molecule has 0 aromatic heterocycles. The molecule has 0 heterocycles. The second kappa shape index (κ2) is 26.9. The van der Waals surface area contributed by atoms with Crippen LogP contribution in [-0.4, -0.2) is 19.1 Å². The van der Waals surface area contributed by atoms with E-state index in [4.69, 9.17) is 0 Å². The van der Waals surface area contributed by atoms with Gasteiger partial charge in [0.1, 0.15) is 0 Å². The molecule has 4 heteroatoms. The Balaban J connectivity index is 1.52. The molecule has 1 fully saturated rings. The zero-order valence-corrected chi connectivity index (χ0v) is 53.3. The van der Waals surface area contributed by atoms with E-state index in [1.165, 1.54) is 144 Å². The lowest BCUT2D eigenvalue weighted by molar-refractivity contribution is 0.279. The fourth-order valence-corrected chi connectivity index (χ4v) is 14.5. The monoisotopic (exact) mass is 1150 g/mol. The molecule has 3 aromatic rings. The molecule has 0 bridgehead atoms. The van der Waals surface area contributed by atoms with Crippen molar-refractivity contribution in [3.63, 3.8) is 0 Å². The van der Waals surface area contributed by atoms with Gasteiger partial charge in [-0.3, -0.25) is 0 Å². The summed E-state index contributed by atoms with van der Waals surface area (Å²) < 4.78 is 2.20. The number of unbranched alkanes of at least 4 members (excludes halogenated alkanes) is 10. The molecule has 1 atom stereocenters. The Hall–Kier alpha value is -3.86. The van der Waals surface area contributed by atoms with Crippen molar-refractivity contribution >= 4 is 48.9 Å². The average Bonchev–Trinajstić information content (AvgIpc) is 3.59. The van der Waals surface area contributed by atoms with E-state index in [0.29, 0.717) is 0 Å². The topological polar surface area (TPSA) is 6.48 Å². The quantitative estimate of drug-likeness (QED) is 0.0554. The van der Waals surface area contributed by atoms with Crippen molar-refractivity contribution in [2.45, 2.75) is 211 Å². The molecule has 76 heavy (non-hydrogen) atoms. The molecule has 0 saturated heterocycles. The number of fused-ring (bicyclic) bond motifs is 3. The Morgan fingerprint density at radius 1 is 0.684 bits per heavy atom. The van der Waals surface area contributed by atoms with Crippen molar-refractivity contribution in [3.05, 3.63) is 170 Å². The van der Waals surface area contributed by atoms with E-state index in [0.717, 1.165) is 47.7 Å².